The third-order valence-corrected chi connectivity index (χ3v) is 4.89. The number of carbonyl (C=O) groups is 2. The molecule has 142 valence electrons. The molecule has 1 aliphatic heterocycles. The molecule has 0 bridgehead atoms. The first kappa shape index (κ1) is 19.3. The number of benzene rings is 1. The Morgan fingerprint density at radius 2 is 2.00 bits per heavy atom. The molecule has 27 heavy (non-hydrogen) atoms. The number of carboxylic acids is 1. The summed E-state index contributed by atoms with van der Waals surface area (Å²) in [5.41, 5.74) is 0.707. The number of aliphatic carboxylic acids is 1. The van der Waals surface area contributed by atoms with E-state index in [1.54, 1.807) is 12.3 Å². The van der Waals surface area contributed by atoms with Crippen molar-refractivity contribution in [1.29, 1.82) is 0 Å². The van der Waals surface area contributed by atoms with Crippen LogP contribution in [0.25, 0.3) is 0 Å². The molecule has 1 N–H and O–H groups in total. The van der Waals surface area contributed by atoms with E-state index in [0.29, 0.717) is 17.6 Å². The molecule has 8 heteroatoms. The van der Waals surface area contributed by atoms with Crippen molar-refractivity contribution in [2.75, 3.05) is 19.7 Å². The maximum absolute atomic E-state index is 12.4. The van der Waals surface area contributed by atoms with Gasteiger partial charge in [0.2, 0.25) is 0 Å². The van der Waals surface area contributed by atoms with Crippen molar-refractivity contribution in [2.24, 2.45) is 0 Å². The monoisotopic (exact) mass is 434 g/mol. The topological polar surface area (TPSA) is 89.0 Å². The number of amides is 1. The highest BCUT2D eigenvalue weighted by Crippen LogP contribution is 2.36. The van der Waals surface area contributed by atoms with E-state index in [0.717, 1.165) is 11.1 Å². The summed E-state index contributed by atoms with van der Waals surface area (Å²) in [4.78, 5) is 29.2. The average molecular weight is 435 g/mol. The summed E-state index contributed by atoms with van der Waals surface area (Å²) in [5.74, 6) is -1.07. The van der Waals surface area contributed by atoms with Gasteiger partial charge in [-0.2, -0.15) is 0 Å². The molecule has 2 aromatic rings. The molecule has 0 spiro atoms. The van der Waals surface area contributed by atoms with E-state index in [4.69, 9.17) is 14.6 Å². The van der Waals surface area contributed by atoms with E-state index in [-0.39, 0.29) is 13.2 Å². The third-order valence-electron chi connectivity index (χ3n) is 4.42. The molecule has 1 aliphatic rings. The van der Waals surface area contributed by atoms with Crippen LogP contribution in [0.1, 0.15) is 17.5 Å². The van der Waals surface area contributed by atoms with Crippen LogP contribution in [0.2, 0.25) is 0 Å². The predicted octanol–water partition coefficient (Wildman–Crippen LogP) is 3.18. The summed E-state index contributed by atoms with van der Waals surface area (Å²) in [5, 5.41) is 9.01. The molecule has 1 atom stereocenters. The van der Waals surface area contributed by atoms with Gasteiger partial charge in [0.05, 0.1) is 6.54 Å². The van der Waals surface area contributed by atoms with Gasteiger partial charge in [-0.15, -0.1) is 0 Å². The summed E-state index contributed by atoms with van der Waals surface area (Å²) in [6, 6.07) is 13.0. The zero-order chi connectivity index (χ0) is 19.3. The smallest absolute Gasteiger partial charge is 0.410 e. The van der Waals surface area contributed by atoms with E-state index in [1.807, 2.05) is 36.4 Å². The Bertz CT molecular complexity index is 800. The van der Waals surface area contributed by atoms with Gasteiger partial charge in [-0.3, -0.25) is 0 Å². The Morgan fingerprint density at radius 3 is 2.67 bits per heavy atom. The van der Waals surface area contributed by atoms with Gasteiger partial charge in [-0.1, -0.05) is 36.4 Å². The molecule has 1 unspecified atom stereocenters. The molecule has 0 radical (unpaired) electrons. The number of aromatic nitrogens is 1. The van der Waals surface area contributed by atoms with Crippen LogP contribution in [0.5, 0.6) is 0 Å². The van der Waals surface area contributed by atoms with Gasteiger partial charge in [0.1, 0.15) is 23.4 Å². The van der Waals surface area contributed by atoms with E-state index in [2.05, 4.69) is 20.9 Å². The molecule has 1 aromatic heterocycles. The van der Waals surface area contributed by atoms with Gasteiger partial charge in [-0.05, 0) is 27.6 Å². The number of hydrogen-bond donors (Lipinski definition) is 1. The fraction of sp³-hybridized carbons (Fsp3) is 0.316. The minimum atomic E-state index is -1.07. The van der Waals surface area contributed by atoms with Crippen molar-refractivity contribution in [3.05, 3.63) is 64.4 Å². The van der Waals surface area contributed by atoms with E-state index in [9.17, 15) is 9.59 Å². The SMILES string of the molecule is O=C(O)COC1(c2ccc(Br)nc2)CCN(C(=O)OCc2ccccc2)C1. The van der Waals surface area contributed by atoms with Gasteiger partial charge in [-0.25, -0.2) is 14.6 Å². The van der Waals surface area contributed by atoms with Crippen LogP contribution in [-0.4, -0.2) is 46.7 Å². The fourth-order valence-corrected chi connectivity index (χ4v) is 3.26. The largest absolute Gasteiger partial charge is 0.480 e. The summed E-state index contributed by atoms with van der Waals surface area (Å²) < 4.78 is 11.8. The first-order chi connectivity index (χ1) is 13.0. The van der Waals surface area contributed by atoms with Crippen molar-refractivity contribution in [3.8, 4) is 0 Å². The minimum Gasteiger partial charge on any atom is -0.480 e. The number of ether oxygens (including phenoxy) is 2. The van der Waals surface area contributed by atoms with E-state index in [1.165, 1.54) is 4.90 Å². The van der Waals surface area contributed by atoms with Gasteiger partial charge in [0.25, 0.3) is 0 Å². The average Bonchev–Trinajstić information content (AvgIpc) is 3.12. The Hall–Kier alpha value is -2.45. The highest BCUT2D eigenvalue weighted by atomic mass is 79.9. The standard InChI is InChI=1S/C19H19BrN2O5/c20-16-7-6-15(10-21-16)19(27-12-17(23)24)8-9-22(13-19)18(25)26-11-14-4-2-1-3-5-14/h1-7,10H,8-9,11-13H2,(H,23,24). The first-order valence-corrected chi connectivity index (χ1v) is 9.21. The lowest BCUT2D eigenvalue weighted by atomic mass is 9.94. The highest BCUT2D eigenvalue weighted by Gasteiger charge is 2.43. The number of carbonyl (C=O) groups excluding carboxylic acids is 1. The summed E-state index contributed by atoms with van der Waals surface area (Å²) >= 11 is 3.28. The Labute approximate surface area is 165 Å². The number of halogens is 1. The first-order valence-electron chi connectivity index (χ1n) is 8.42. The van der Waals surface area contributed by atoms with Crippen LogP contribution in [0.4, 0.5) is 4.79 Å². The molecule has 7 nitrogen and oxygen atoms in total. The quantitative estimate of drug-likeness (QED) is 0.702. The minimum absolute atomic E-state index is 0.180. The fourth-order valence-electron chi connectivity index (χ4n) is 3.03. The molecule has 0 aliphatic carbocycles. The van der Waals surface area contributed by atoms with Crippen LogP contribution < -0.4 is 0 Å². The lowest BCUT2D eigenvalue weighted by Gasteiger charge is -2.29. The lowest BCUT2D eigenvalue weighted by molar-refractivity contribution is -0.149. The number of hydrogen-bond acceptors (Lipinski definition) is 5. The molecule has 1 saturated heterocycles. The zero-order valence-electron chi connectivity index (χ0n) is 14.5. The lowest BCUT2D eigenvalue weighted by Crippen LogP contribution is -2.38. The Morgan fingerprint density at radius 1 is 1.22 bits per heavy atom. The van der Waals surface area contributed by atoms with Crippen molar-refractivity contribution in [2.45, 2.75) is 18.6 Å². The third kappa shape index (κ3) is 4.84. The molecule has 0 saturated carbocycles. The number of pyridine rings is 1. The van der Waals surface area contributed by atoms with Gasteiger partial charge in [0.15, 0.2) is 0 Å². The van der Waals surface area contributed by atoms with Gasteiger partial charge in [0, 0.05) is 24.7 Å². The maximum atomic E-state index is 12.4. The van der Waals surface area contributed by atoms with Gasteiger partial charge < -0.3 is 19.5 Å². The normalized spacial score (nSPS) is 19.1. The summed E-state index contributed by atoms with van der Waals surface area (Å²) in [7, 11) is 0. The molecular weight excluding hydrogens is 416 g/mol. The second kappa shape index (κ2) is 8.49. The van der Waals surface area contributed by atoms with Crippen LogP contribution >= 0.6 is 15.9 Å². The molecule has 2 heterocycles. The van der Waals surface area contributed by atoms with Crippen molar-refractivity contribution in [3.63, 3.8) is 0 Å². The van der Waals surface area contributed by atoms with Crippen LogP contribution in [0.3, 0.4) is 0 Å². The second-order valence-corrected chi connectivity index (χ2v) is 7.07. The Kier molecular flexibility index (Phi) is 6.08. The Balaban J connectivity index is 1.70. The van der Waals surface area contributed by atoms with Crippen molar-refractivity contribution >= 4 is 28.0 Å². The number of likely N-dealkylation sites (tertiary alicyclic amines) is 1. The van der Waals surface area contributed by atoms with Crippen molar-refractivity contribution < 1.29 is 24.2 Å². The molecular formula is C19H19BrN2O5. The number of carboxylic acid groups (broad SMARTS) is 1. The molecule has 1 amide bonds. The van der Waals surface area contributed by atoms with Crippen LogP contribution in [0, 0.1) is 0 Å². The van der Waals surface area contributed by atoms with Crippen LogP contribution in [-0.2, 0) is 26.5 Å². The zero-order valence-corrected chi connectivity index (χ0v) is 16.1. The van der Waals surface area contributed by atoms with Crippen molar-refractivity contribution in [1.82, 2.24) is 9.88 Å². The van der Waals surface area contributed by atoms with Crippen LogP contribution in [0.15, 0.2) is 53.3 Å². The van der Waals surface area contributed by atoms with E-state index >= 15 is 0 Å². The number of rotatable bonds is 6. The predicted molar refractivity (Wildman–Crippen MR) is 100 cm³/mol. The van der Waals surface area contributed by atoms with Gasteiger partial charge >= 0.3 is 12.1 Å². The molecule has 3 rings (SSSR count). The van der Waals surface area contributed by atoms with E-state index < -0.39 is 24.3 Å². The summed E-state index contributed by atoms with van der Waals surface area (Å²) in [6.45, 7) is 0.336. The highest BCUT2D eigenvalue weighted by molar-refractivity contribution is 9.10. The second-order valence-electron chi connectivity index (χ2n) is 6.26. The maximum Gasteiger partial charge on any atom is 0.410 e. The molecule has 1 aromatic carbocycles. The summed E-state index contributed by atoms with van der Waals surface area (Å²) in [6.07, 6.45) is 1.64. The molecule has 1 fully saturated rings. The number of nitrogens with zero attached hydrogens (tertiary/aromatic N) is 2.